The van der Waals surface area contributed by atoms with Crippen molar-refractivity contribution >= 4 is 11.8 Å². The van der Waals surface area contributed by atoms with Crippen molar-refractivity contribution in [3.63, 3.8) is 0 Å². The van der Waals surface area contributed by atoms with Gasteiger partial charge in [0.1, 0.15) is 0 Å². The van der Waals surface area contributed by atoms with Crippen molar-refractivity contribution < 1.29 is 9.59 Å². The molecule has 1 aromatic carbocycles. The van der Waals surface area contributed by atoms with Crippen LogP contribution in [-0.4, -0.2) is 11.8 Å². The van der Waals surface area contributed by atoms with Crippen LogP contribution in [0, 0.1) is 13.8 Å². The summed E-state index contributed by atoms with van der Waals surface area (Å²) in [4.78, 5) is 21.5. The third-order valence-corrected chi connectivity index (χ3v) is 10.7. The summed E-state index contributed by atoms with van der Waals surface area (Å²) in [6.45, 7) is 4.70. The number of hydrogen-bond acceptors (Lipinski definition) is 2. The van der Waals surface area contributed by atoms with Crippen molar-refractivity contribution in [2.24, 2.45) is 11.5 Å². The van der Waals surface area contributed by atoms with Gasteiger partial charge in [-0.05, 0) is 74.6 Å². The zero-order chi connectivity index (χ0) is 34.9. The van der Waals surface area contributed by atoms with Crippen LogP contribution in [-0.2, 0) is 22.4 Å². The second-order valence-corrected chi connectivity index (χ2v) is 15.2. The van der Waals surface area contributed by atoms with E-state index in [-0.39, 0.29) is 11.8 Å². The second-order valence-electron chi connectivity index (χ2n) is 15.2. The smallest absolute Gasteiger partial charge is 0.217 e. The molecule has 0 aliphatic heterocycles. The molecule has 4 heteroatoms. The van der Waals surface area contributed by atoms with Gasteiger partial charge in [-0.1, -0.05) is 179 Å². The maximum absolute atomic E-state index is 10.8. The highest BCUT2D eigenvalue weighted by molar-refractivity contribution is 5.73. The minimum Gasteiger partial charge on any atom is -0.370 e. The lowest BCUT2D eigenvalue weighted by molar-refractivity contribution is -0.119. The van der Waals surface area contributed by atoms with Crippen molar-refractivity contribution in [2.45, 2.75) is 232 Å². The van der Waals surface area contributed by atoms with Crippen LogP contribution in [0.2, 0.25) is 0 Å². The van der Waals surface area contributed by atoms with Gasteiger partial charge in [0.05, 0.1) is 0 Å². The number of hydrogen-bond donors (Lipinski definition) is 2. The van der Waals surface area contributed by atoms with Gasteiger partial charge in [0.25, 0.3) is 0 Å². The average molecular weight is 669 g/mol. The van der Waals surface area contributed by atoms with Gasteiger partial charge in [0.2, 0.25) is 11.8 Å². The van der Waals surface area contributed by atoms with E-state index in [2.05, 4.69) is 26.0 Å². The minimum atomic E-state index is -0.156. The summed E-state index contributed by atoms with van der Waals surface area (Å²) in [5.74, 6) is -0.312. The molecule has 0 heterocycles. The number of aryl methyl sites for hydroxylation is 2. The lowest BCUT2D eigenvalue weighted by Crippen LogP contribution is -2.09. The van der Waals surface area contributed by atoms with Crippen LogP contribution in [0.25, 0.3) is 0 Å². The summed E-state index contributed by atoms with van der Waals surface area (Å²) in [5.41, 5.74) is 16.7. The van der Waals surface area contributed by atoms with Crippen LogP contribution in [0.4, 0.5) is 0 Å². The highest BCUT2D eigenvalue weighted by atomic mass is 16.1. The van der Waals surface area contributed by atoms with E-state index in [0.29, 0.717) is 12.8 Å². The summed E-state index contributed by atoms with van der Waals surface area (Å²) in [5, 5.41) is 0. The van der Waals surface area contributed by atoms with E-state index >= 15 is 0 Å². The molecule has 4 N–H and O–H groups in total. The molecule has 0 saturated carbocycles. The monoisotopic (exact) mass is 669 g/mol. The normalized spacial score (nSPS) is 11.4. The predicted molar refractivity (Wildman–Crippen MR) is 209 cm³/mol. The second kappa shape index (κ2) is 32.4. The molecule has 48 heavy (non-hydrogen) atoms. The number of benzene rings is 1. The molecular weight excluding hydrogens is 588 g/mol. The standard InChI is InChI=1S/C44H80N2O2/c1-39-37-38-41(33-29-25-21-17-13-9-5-3-7-11-15-19-23-27-31-35-43(45)47)40(2)42(39)34-30-26-22-18-14-10-6-4-8-12-16-20-24-28-32-36-44(46)48/h37-38H,3-36H2,1-2H3,(H2,45,47)(H2,46,48). The minimum absolute atomic E-state index is 0.156. The van der Waals surface area contributed by atoms with Gasteiger partial charge in [0.15, 0.2) is 0 Å². The van der Waals surface area contributed by atoms with Crippen LogP contribution in [0.5, 0.6) is 0 Å². The highest BCUT2D eigenvalue weighted by Gasteiger charge is 2.08. The van der Waals surface area contributed by atoms with Crippen molar-refractivity contribution in [1.82, 2.24) is 0 Å². The average Bonchev–Trinajstić information content (AvgIpc) is 3.05. The van der Waals surface area contributed by atoms with Crippen molar-refractivity contribution in [1.29, 1.82) is 0 Å². The molecule has 0 radical (unpaired) electrons. The fourth-order valence-corrected chi connectivity index (χ4v) is 7.41. The first-order valence-electron chi connectivity index (χ1n) is 21.1. The number of unbranched alkanes of at least 4 members (excludes halogenated alkanes) is 28. The van der Waals surface area contributed by atoms with Gasteiger partial charge in [-0.3, -0.25) is 9.59 Å². The third kappa shape index (κ3) is 27.0. The molecule has 0 atom stereocenters. The van der Waals surface area contributed by atoms with E-state index in [1.54, 1.807) is 16.7 Å². The fraction of sp³-hybridized carbons (Fsp3) is 0.818. The Balaban J connectivity index is 1.95. The fourth-order valence-electron chi connectivity index (χ4n) is 7.41. The first-order valence-corrected chi connectivity index (χ1v) is 21.1. The van der Waals surface area contributed by atoms with E-state index in [9.17, 15) is 9.59 Å². The first kappa shape index (κ1) is 44.2. The summed E-state index contributed by atoms with van der Waals surface area (Å²) in [6, 6.07) is 4.80. The quantitative estimate of drug-likeness (QED) is 0.0697. The molecule has 0 unspecified atom stereocenters. The van der Waals surface area contributed by atoms with E-state index in [0.717, 1.165) is 25.7 Å². The molecule has 1 rings (SSSR count). The molecule has 0 bridgehead atoms. The lowest BCUT2D eigenvalue weighted by atomic mass is 9.91. The van der Waals surface area contributed by atoms with Gasteiger partial charge in [-0.25, -0.2) is 0 Å². The van der Waals surface area contributed by atoms with Gasteiger partial charge in [-0.15, -0.1) is 0 Å². The number of primary amides is 2. The largest absolute Gasteiger partial charge is 0.370 e. The number of carbonyl (C=O) groups excluding carboxylic acids is 2. The first-order chi connectivity index (χ1) is 23.4. The SMILES string of the molecule is Cc1ccc(CCCCCCCCCCCCCCCCCC(N)=O)c(C)c1CCCCCCCCCCCCCCCCCC(N)=O. The number of nitrogens with two attached hydrogens (primary N) is 2. The van der Waals surface area contributed by atoms with Gasteiger partial charge in [-0.2, -0.15) is 0 Å². The molecule has 0 fully saturated rings. The maximum Gasteiger partial charge on any atom is 0.217 e. The van der Waals surface area contributed by atoms with E-state index in [1.807, 2.05) is 0 Å². The Morgan fingerprint density at radius 1 is 0.396 bits per heavy atom. The number of amides is 2. The van der Waals surface area contributed by atoms with Crippen LogP contribution in [0.15, 0.2) is 12.1 Å². The topological polar surface area (TPSA) is 86.2 Å². The summed E-state index contributed by atoms with van der Waals surface area (Å²) in [7, 11) is 0. The molecule has 2 amide bonds. The Morgan fingerprint density at radius 3 is 0.979 bits per heavy atom. The van der Waals surface area contributed by atoms with Crippen LogP contribution in [0.1, 0.15) is 228 Å². The Hall–Kier alpha value is -1.84. The molecule has 0 aliphatic carbocycles. The molecule has 0 saturated heterocycles. The summed E-state index contributed by atoms with van der Waals surface area (Å²) < 4.78 is 0. The summed E-state index contributed by atoms with van der Waals surface area (Å²) in [6.07, 6.45) is 43.6. The van der Waals surface area contributed by atoms with Gasteiger partial charge >= 0.3 is 0 Å². The van der Waals surface area contributed by atoms with Crippen LogP contribution >= 0.6 is 0 Å². The highest BCUT2D eigenvalue weighted by Crippen LogP contribution is 2.23. The van der Waals surface area contributed by atoms with Gasteiger partial charge < -0.3 is 11.5 Å². The van der Waals surface area contributed by atoms with E-state index < -0.39 is 0 Å². The Morgan fingerprint density at radius 2 is 0.667 bits per heavy atom. The molecular formula is C44H80N2O2. The zero-order valence-corrected chi connectivity index (χ0v) is 32.2. The molecule has 1 aromatic rings. The van der Waals surface area contributed by atoms with E-state index in [4.69, 9.17) is 11.5 Å². The maximum atomic E-state index is 10.8. The molecule has 4 nitrogen and oxygen atoms in total. The van der Waals surface area contributed by atoms with Crippen molar-refractivity contribution in [2.75, 3.05) is 0 Å². The Bertz CT molecular complexity index is 911. The van der Waals surface area contributed by atoms with Crippen LogP contribution in [0.3, 0.4) is 0 Å². The third-order valence-electron chi connectivity index (χ3n) is 10.7. The molecule has 0 spiro atoms. The van der Waals surface area contributed by atoms with E-state index in [1.165, 1.54) is 185 Å². The molecule has 278 valence electrons. The number of carbonyl (C=O) groups is 2. The van der Waals surface area contributed by atoms with Crippen molar-refractivity contribution in [3.8, 4) is 0 Å². The van der Waals surface area contributed by atoms with Crippen LogP contribution < -0.4 is 11.5 Å². The molecule has 0 aliphatic rings. The Kier molecular flexibility index (Phi) is 29.8. The van der Waals surface area contributed by atoms with Crippen molar-refractivity contribution in [3.05, 3.63) is 34.4 Å². The van der Waals surface area contributed by atoms with Gasteiger partial charge in [0, 0.05) is 12.8 Å². The number of rotatable bonds is 36. The molecule has 0 aromatic heterocycles. The zero-order valence-electron chi connectivity index (χ0n) is 32.2. The summed E-state index contributed by atoms with van der Waals surface area (Å²) >= 11 is 0. The predicted octanol–water partition coefficient (Wildman–Crippen LogP) is 12.8. The lowest BCUT2D eigenvalue weighted by Gasteiger charge is -2.15. The Labute approximate surface area is 298 Å².